The molecule has 40 heavy (non-hydrogen) atoms. The highest BCUT2D eigenvalue weighted by Gasteiger charge is 2.19. The first-order chi connectivity index (χ1) is 19.2. The van der Waals surface area contributed by atoms with E-state index in [9.17, 15) is 9.59 Å². The zero-order valence-electron chi connectivity index (χ0n) is 23.6. The second-order valence-electron chi connectivity index (χ2n) is 9.72. The van der Waals surface area contributed by atoms with Crippen LogP contribution >= 0.6 is 0 Å². The molecule has 210 valence electrons. The van der Waals surface area contributed by atoms with E-state index in [0.29, 0.717) is 18.0 Å². The average Bonchev–Trinajstić information content (AvgIpc) is 3.38. The number of allylic oxidation sites excluding steroid dienone is 1. The molecular weight excluding hydrogens is 510 g/mol. The van der Waals surface area contributed by atoms with Gasteiger partial charge in [-0.2, -0.15) is 0 Å². The van der Waals surface area contributed by atoms with Gasteiger partial charge in [-0.25, -0.2) is 0 Å². The van der Waals surface area contributed by atoms with Gasteiger partial charge in [0.2, 0.25) is 6.79 Å². The minimum absolute atomic E-state index is 0.211. The second kappa shape index (κ2) is 13.2. The van der Waals surface area contributed by atoms with Crippen LogP contribution < -0.4 is 18.9 Å². The van der Waals surface area contributed by atoms with E-state index in [4.69, 9.17) is 23.7 Å². The summed E-state index contributed by atoms with van der Waals surface area (Å²) in [5.74, 6) is 1.91. The smallest absolute Gasteiger partial charge is 0.308 e. The summed E-state index contributed by atoms with van der Waals surface area (Å²) in [7, 11) is 3.84. The van der Waals surface area contributed by atoms with Crippen molar-refractivity contribution in [2.24, 2.45) is 0 Å². The Labute approximate surface area is 235 Å². The Balaban J connectivity index is 1.68. The molecule has 1 atom stereocenters. The molecule has 0 N–H and O–H groups in total. The molecule has 0 radical (unpaired) electrons. The summed E-state index contributed by atoms with van der Waals surface area (Å²) in [5, 5.41) is 0. The molecule has 0 saturated heterocycles. The minimum Gasteiger partial charge on any atom is -0.490 e. The number of ether oxygens (including phenoxy) is 5. The molecule has 1 aliphatic rings. The van der Waals surface area contributed by atoms with Crippen LogP contribution in [0.15, 0.2) is 66.7 Å². The van der Waals surface area contributed by atoms with Crippen molar-refractivity contribution in [3.05, 3.63) is 83.4 Å². The molecule has 8 nitrogen and oxygen atoms in total. The van der Waals surface area contributed by atoms with Crippen LogP contribution in [0.3, 0.4) is 0 Å². The first-order valence-corrected chi connectivity index (χ1v) is 13.2. The Hall–Kier alpha value is -4.30. The molecule has 0 spiro atoms. The van der Waals surface area contributed by atoms with Gasteiger partial charge in [-0.3, -0.25) is 9.59 Å². The predicted octanol–water partition coefficient (Wildman–Crippen LogP) is 5.58. The van der Waals surface area contributed by atoms with Crippen LogP contribution in [0.25, 0.3) is 11.1 Å². The van der Waals surface area contributed by atoms with Crippen LogP contribution in [-0.4, -0.2) is 57.0 Å². The van der Waals surface area contributed by atoms with Gasteiger partial charge in [0.15, 0.2) is 11.5 Å². The average molecular weight is 546 g/mol. The summed E-state index contributed by atoms with van der Waals surface area (Å²) in [5.41, 5.74) is 5.15. The van der Waals surface area contributed by atoms with E-state index in [0.717, 1.165) is 45.8 Å². The van der Waals surface area contributed by atoms with Crippen molar-refractivity contribution in [3.8, 4) is 23.0 Å². The Morgan fingerprint density at radius 2 is 1.43 bits per heavy atom. The summed E-state index contributed by atoms with van der Waals surface area (Å²) in [6, 6.07) is 21.3. The summed E-state index contributed by atoms with van der Waals surface area (Å²) < 4.78 is 27.8. The lowest BCUT2D eigenvalue weighted by Crippen LogP contribution is -2.34. The number of carbonyl (C=O) groups is 2. The van der Waals surface area contributed by atoms with E-state index in [1.807, 2.05) is 73.6 Å². The van der Waals surface area contributed by atoms with Crippen LogP contribution in [0.5, 0.6) is 23.0 Å². The first kappa shape index (κ1) is 28.7. The third kappa shape index (κ3) is 7.42. The largest absolute Gasteiger partial charge is 0.490 e. The summed E-state index contributed by atoms with van der Waals surface area (Å²) in [6.45, 7) is 5.91. The molecule has 0 bridgehead atoms. The Kier molecular flexibility index (Phi) is 9.45. The molecule has 0 fully saturated rings. The number of esters is 2. The molecule has 1 heterocycles. The standard InChI is InChI=1S/C32H35NO7/c1-6-29(25-11-16-30-31(17-25)38-20-37-30)32(24-9-14-27(15-10-24)39-21(2)34)23-7-12-26(13-8-23)36-19-28(18-33(4)5)40-22(3)35/h7-17,28H,6,18-20H2,1-5H3. The van der Waals surface area contributed by atoms with Crippen molar-refractivity contribution in [2.75, 3.05) is 34.0 Å². The molecule has 0 amide bonds. The van der Waals surface area contributed by atoms with Crippen molar-refractivity contribution in [2.45, 2.75) is 33.3 Å². The number of nitrogens with zero attached hydrogens (tertiary/aromatic N) is 1. The zero-order valence-corrected chi connectivity index (χ0v) is 23.6. The highest BCUT2D eigenvalue weighted by atomic mass is 16.7. The molecule has 3 aromatic rings. The van der Waals surface area contributed by atoms with E-state index in [-0.39, 0.29) is 31.4 Å². The third-order valence-electron chi connectivity index (χ3n) is 6.26. The number of rotatable bonds is 11. The normalized spacial score (nSPS) is 13.4. The van der Waals surface area contributed by atoms with Crippen molar-refractivity contribution >= 4 is 23.1 Å². The molecule has 1 aliphatic heterocycles. The van der Waals surface area contributed by atoms with E-state index in [1.54, 1.807) is 12.1 Å². The maximum absolute atomic E-state index is 11.5. The van der Waals surface area contributed by atoms with Crippen molar-refractivity contribution < 1.29 is 33.3 Å². The molecule has 3 aromatic carbocycles. The molecule has 1 unspecified atom stereocenters. The molecule has 0 aliphatic carbocycles. The predicted molar refractivity (Wildman–Crippen MR) is 153 cm³/mol. The van der Waals surface area contributed by atoms with Gasteiger partial charge in [0.25, 0.3) is 0 Å². The Morgan fingerprint density at radius 3 is 2.00 bits per heavy atom. The lowest BCUT2D eigenvalue weighted by molar-refractivity contribution is -0.148. The summed E-state index contributed by atoms with van der Waals surface area (Å²) >= 11 is 0. The topological polar surface area (TPSA) is 83.5 Å². The maximum Gasteiger partial charge on any atom is 0.308 e. The molecular formula is C32H35NO7. The van der Waals surface area contributed by atoms with Gasteiger partial charge in [0.1, 0.15) is 24.2 Å². The first-order valence-electron chi connectivity index (χ1n) is 13.2. The van der Waals surface area contributed by atoms with Gasteiger partial charge in [0, 0.05) is 20.4 Å². The van der Waals surface area contributed by atoms with Crippen LogP contribution in [-0.2, 0) is 14.3 Å². The number of fused-ring (bicyclic) bond motifs is 1. The SMILES string of the molecule is CCC(=C(c1ccc(OCC(CN(C)C)OC(C)=O)cc1)c1ccc(OC(C)=O)cc1)c1ccc2c(c1)OCO2. The third-order valence-corrected chi connectivity index (χ3v) is 6.26. The fourth-order valence-electron chi connectivity index (χ4n) is 4.65. The van der Waals surface area contributed by atoms with Gasteiger partial charge >= 0.3 is 11.9 Å². The summed E-state index contributed by atoms with van der Waals surface area (Å²) in [6.07, 6.45) is 0.379. The Bertz CT molecular complexity index is 1360. The summed E-state index contributed by atoms with van der Waals surface area (Å²) in [4.78, 5) is 24.9. The number of likely N-dealkylation sites (N-methyl/N-ethyl adjacent to an activating group) is 1. The zero-order chi connectivity index (χ0) is 28.6. The highest BCUT2D eigenvalue weighted by molar-refractivity contribution is 5.99. The second-order valence-corrected chi connectivity index (χ2v) is 9.72. The molecule has 0 aromatic heterocycles. The van der Waals surface area contributed by atoms with E-state index in [1.165, 1.54) is 13.8 Å². The Morgan fingerprint density at radius 1 is 0.825 bits per heavy atom. The molecule has 8 heteroatoms. The van der Waals surface area contributed by atoms with Crippen LogP contribution in [0.4, 0.5) is 0 Å². The maximum atomic E-state index is 11.5. The lowest BCUT2D eigenvalue weighted by Gasteiger charge is -2.21. The van der Waals surface area contributed by atoms with Gasteiger partial charge in [-0.05, 0) is 84.8 Å². The number of hydrogen-bond donors (Lipinski definition) is 0. The van der Waals surface area contributed by atoms with Gasteiger partial charge in [-0.1, -0.05) is 37.3 Å². The van der Waals surface area contributed by atoms with Crippen molar-refractivity contribution in [1.29, 1.82) is 0 Å². The monoisotopic (exact) mass is 545 g/mol. The van der Waals surface area contributed by atoms with Crippen molar-refractivity contribution in [1.82, 2.24) is 4.90 Å². The van der Waals surface area contributed by atoms with E-state index in [2.05, 4.69) is 6.92 Å². The number of carbonyl (C=O) groups excluding carboxylic acids is 2. The van der Waals surface area contributed by atoms with Crippen LogP contribution in [0.2, 0.25) is 0 Å². The highest BCUT2D eigenvalue weighted by Crippen LogP contribution is 2.40. The quantitative estimate of drug-likeness (QED) is 0.175. The van der Waals surface area contributed by atoms with Crippen LogP contribution in [0.1, 0.15) is 43.9 Å². The molecule has 0 saturated carbocycles. The van der Waals surface area contributed by atoms with E-state index >= 15 is 0 Å². The number of hydrogen-bond acceptors (Lipinski definition) is 8. The lowest BCUT2D eigenvalue weighted by atomic mass is 9.88. The van der Waals surface area contributed by atoms with E-state index < -0.39 is 0 Å². The van der Waals surface area contributed by atoms with Gasteiger partial charge < -0.3 is 28.6 Å². The van der Waals surface area contributed by atoms with Gasteiger partial charge in [-0.15, -0.1) is 0 Å². The van der Waals surface area contributed by atoms with Crippen LogP contribution in [0, 0.1) is 0 Å². The number of benzene rings is 3. The minimum atomic E-state index is -0.379. The fourth-order valence-corrected chi connectivity index (χ4v) is 4.65. The molecule has 4 rings (SSSR count). The van der Waals surface area contributed by atoms with Gasteiger partial charge in [0.05, 0.1) is 0 Å². The fraction of sp³-hybridized carbons (Fsp3) is 0.312. The van der Waals surface area contributed by atoms with Crippen molar-refractivity contribution in [3.63, 3.8) is 0 Å².